The monoisotopic (exact) mass is 234 g/mol. The number of nitrogens with zero attached hydrogens (tertiary/aromatic N) is 4. The predicted molar refractivity (Wildman–Crippen MR) is 59.8 cm³/mol. The van der Waals surface area contributed by atoms with Gasteiger partial charge in [0.1, 0.15) is 11.5 Å². The third kappa shape index (κ3) is 2.11. The highest BCUT2D eigenvalue weighted by Crippen LogP contribution is 2.21. The van der Waals surface area contributed by atoms with Crippen LogP contribution < -0.4 is 0 Å². The average Bonchev–Trinajstić information content (AvgIpc) is 2.73. The number of aryl methyl sites for hydroxylation is 3. The van der Waals surface area contributed by atoms with Crippen molar-refractivity contribution in [2.75, 3.05) is 0 Å². The molecule has 0 fully saturated rings. The van der Waals surface area contributed by atoms with Gasteiger partial charge in [0, 0.05) is 5.56 Å². The van der Waals surface area contributed by atoms with E-state index in [1.165, 1.54) is 4.80 Å². The van der Waals surface area contributed by atoms with Crippen molar-refractivity contribution in [2.45, 2.75) is 27.2 Å². The molecule has 0 aromatic carbocycles. The fourth-order valence-electron chi connectivity index (χ4n) is 1.83. The molecular formula is C11H14N4O2. The number of ketones is 1. The zero-order valence-corrected chi connectivity index (χ0v) is 10.3. The Morgan fingerprint density at radius 3 is 2.47 bits per heavy atom. The molecule has 0 aliphatic rings. The number of aromatic nitrogens is 4. The van der Waals surface area contributed by atoms with Crippen LogP contribution in [0.15, 0.2) is 4.42 Å². The molecule has 2 rings (SSSR count). The van der Waals surface area contributed by atoms with Crippen molar-refractivity contribution in [2.24, 2.45) is 7.05 Å². The van der Waals surface area contributed by atoms with Gasteiger partial charge in [-0.1, -0.05) is 0 Å². The fourth-order valence-corrected chi connectivity index (χ4v) is 1.83. The van der Waals surface area contributed by atoms with Crippen LogP contribution in [0.1, 0.15) is 33.3 Å². The Balaban J connectivity index is 2.26. The summed E-state index contributed by atoms with van der Waals surface area (Å²) in [7, 11) is 1.67. The summed E-state index contributed by atoms with van der Waals surface area (Å²) in [6.07, 6.45) is 0.147. The summed E-state index contributed by atoms with van der Waals surface area (Å²) in [4.78, 5) is 13.4. The van der Waals surface area contributed by atoms with Crippen molar-refractivity contribution in [3.05, 3.63) is 28.5 Å². The molecule has 0 amide bonds. The van der Waals surface area contributed by atoms with Crippen LogP contribution in [0.25, 0.3) is 0 Å². The Bertz CT molecular complexity index is 568. The number of rotatable bonds is 3. The van der Waals surface area contributed by atoms with Gasteiger partial charge >= 0.3 is 0 Å². The van der Waals surface area contributed by atoms with E-state index in [4.69, 9.17) is 4.42 Å². The Labute approximate surface area is 98.6 Å². The minimum atomic E-state index is -0.0372. The van der Waals surface area contributed by atoms with Crippen molar-refractivity contribution < 1.29 is 9.21 Å². The first-order valence-corrected chi connectivity index (χ1v) is 5.31. The zero-order valence-electron chi connectivity index (χ0n) is 10.3. The molecule has 0 saturated heterocycles. The quantitative estimate of drug-likeness (QED) is 0.745. The second-order valence-corrected chi connectivity index (χ2v) is 4.01. The molecule has 0 radical (unpaired) electrons. The van der Waals surface area contributed by atoms with E-state index in [9.17, 15) is 4.79 Å². The van der Waals surface area contributed by atoms with Crippen molar-refractivity contribution >= 4 is 5.78 Å². The van der Waals surface area contributed by atoms with Gasteiger partial charge in [0.2, 0.25) is 0 Å². The largest absolute Gasteiger partial charge is 0.466 e. The molecular weight excluding hydrogens is 220 g/mol. The van der Waals surface area contributed by atoms with Gasteiger partial charge in [-0.05, 0) is 26.0 Å². The summed E-state index contributed by atoms with van der Waals surface area (Å²) in [5.74, 6) is 1.81. The molecule has 0 spiro atoms. The van der Waals surface area contributed by atoms with Gasteiger partial charge in [-0.15, -0.1) is 10.2 Å². The molecule has 6 heteroatoms. The van der Waals surface area contributed by atoms with E-state index in [0.29, 0.717) is 17.1 Å². The van der Waals surface area contributed by atoms with Crippen LogP contribution in [0.5, 0.6) is 0 Å². The highest BCUT2D eigenvalue weighted by molar-refractivity contribution is 5.99. The van der Waals surface area contributed by atoms with E-state index in [-0.39, 0.29) is 12.2 Å². The lowest BCUT2D eigenvalue weighted by Gasteiger charge is -1.97. The number of hydrogen-bond acceptors (Lipinski definition) is 5. The maximum absolute atomic E-state index is 12.1. The third-order valence-corrected chi connectivity index (χ3v) is 2.71. The first-order valence-electron chi connectivity index (χ1n) is 5.31. The van der Waals surface area contributed by atoms with Crippen LogP contribution in [-0.2, 0) is 13.5 Å². The molecule has 2 aromatic rings. The summed E-state index contributed by atoms with van der Waals surface area (Å²) < 4.78 is 5.43. The summed E-state index contributed by atoms with van der Waals surface area (Å²) in [5, 5.41) is 11.5. The van der Waals surface area contributed by atoms with Crippen molar-refractivity contribution in [3.8, 4) is 0 Å². The Morgan fingerprint density at radius 2 is 2.00 bits per heavy atom. The molecule has 2 heterocycles. The summed E-state index contributed by atoms with van der Waals surface area (Å²) >= 11 is 0. The number of hydrogen-bond donors (Lipinski definition) is 0. The number of carbonyl (C=O) groups excluding carboxylic acids is 1. The van der Waals surface area contributed by atoms with Crippen LogP contribution in [0, 0.1) is 20.8 Å². The molecule has 17 heavy (non-hydrogen) atoms. The van der Waals surface area contributed by atoms with Gasteiger partial charge in [0.15, 0.2) is 11.6 Å². The number of carbonyl (C=O) groups is 1. The van der Waals surface area contributed by atoms with E-state index in [1.807, 2.05) is 13.8 Å². The lowest BCUT2D eigenvalue weighted by molar-refractivity contribution is 0.0989. The fraction of sp³-hybridized carbons (Fsp3) is 0.455. The van der Waals surface area contributed by atoms with Gasteiger partial charge < -0.3 is 4.42 Å². The van der Waals surface area contributed by atoms with Crippen LogP contribution in [0.2, 0.25) is 0 Å². The van der Waals surface area contributed by atoms with E-state index in [0.717, 1.165) is 11.3 Å². The van der Waals surface area contributed by atoms with Gasteiger partial charge in [-0.25, -0.2) is 0 Å². The molecule has 0 unspecified atom stereocenters. The van der Waals surface area contributed by atoms with Gasteiger partial charge in [-0.3, -0.25) is 4.79 Å². The molecule has 0 aliphatic heterocycles. The standard InChI is InChI=1S/C11H14N4O2/c1-6-7(2)17-8(3)11(6)9(16)5-10-12-14-15(4)13-10/h5H2,1-4H3. The van der Waals surface area contributed by atoms with Crippen LogP contribution in [-0.4, -0.2) is 26.0 Å². The third-order valence-electron chi connectivity index (χ3n) is 2.71. The van der Waals surface area contributed by atoms with Crippen molar-refractivity contribution in [1.29, 1.82) is 0 Å². The molecule has 90 valence electrons. The smallest absolute Gasteiger partial charge is 0.182 e. The van der Waals surface area contributed by atoms with Crippen molar-refractivity contribution in [3.63, 3.8) is 0 Å². The van der Waals surface area contributed by atoms with Gasteiger partial charge in [0.05, 0.1) is 19.0 Å². The lowest BCUT2D eigenvalue weighted by Crippen LogP contribution is -2.07. The van der Waals surface area contributed by atoms with Crippen molar-refractivity contribution in [1.82, 2.24) is 20.2 Å². The molecule has 6 nitrogen and oxygen atoms in total. The first kappa shape index (κ1) is 11.5. The van der Waals surface area contributed by atoms with Gasteiger partial charge in [-0.2, -0.15) is 4.80 Å². The predicted octanol–water partition coefficient (Wildman–Crippen LogP) is 1.15. The lowest BCUT2D eigenvalue weighted by atomic mass is 10.0. The van der Waals surface area contributed by atoms with Gasteiger partial charge in [0.25, 0.3) is 0 Å². The molecule has 2 aromatic heterocycles. The summed E-state index contributed by atoms with van der Waals surface area (Å²) in [5.41, 5.74) is 1.52. The van der Waals surface area contributed by atoms with E-state index >= 15 is 0 Å². The van der Waals surface area contributed by atoms with Crippen LogP contribution >= 0.6 is 0 Å². The highest BCUT2D eigenvalue weighted by Gasteiger charge is 2.20. The molecule has 0 N–H and O–H groups in total. The first-order chi connectivity index (χ1) is 7.99. The average molecular weight is 234 g/mol. The maximum Gasteiger partial charge on any atom is 0.182 e. The molecule has 0 aliphatic carbocycles. The van der Waals surface area contributed by atoms with E-state index in [1.54, 1.807) is 14.0 Å². The SMILES string of the molecule is Cc1oc(C)c(C(=O)Cc2nnn(C)n2)c1C. The molecule has 0 atom stereocenters. The normalized spacial score (nSPS) is 10.8. The zero-order chi connectivity index (χ0) is 12.6. The number of Topliss-reactive ketones (excluding diaryl/α,β-unsaturated/α-hetero) is 1. The van der Waals surface area contributed by atoms with Crippen LogP contribution in [0.4, 0.5) is 0 Å². The van der Waals surface area contributed by atoms with E-state index < -0.39 is 0 Å². The highest BCUT2D eigenvalue weighted by atomic mass is 16.3. The molecule has 0 bridgehead atoms. The van der Waals surface area contributed by atoms with Crippen LogP contribution in [0.3, 0.4) is 0 Å². The number of tetrazole rings is 1. The maximum atomic E-state index is 12.1. The number of furan rings is 1. The minimum absolute atomic E-state index is 0.0372. The topological polar surface area (TPSA) is 73.8 Å². The minimum Gasteiger partial charge on any atom is -0.466 e. The second-order valence-electron chi connectivity index (χ2n) is 4.01. The summed E-state index contributed by atoms with van der Waals surface area (Å²) in [6.45, 7) is 5.51. The molecule has 0 saturated carbocycles. The Hall–Kier alpha value is -1.98. The Kier molecular flexibility index (Phi) is 2.79. The Morgan fingerprint density at radius 1 is 1.29 bits per heavy atom. The second kappa shape index (κ2) is 4.12. The van der Waals surface area contributed by atoms with E-state index in [2.05, 4.69) is 15.4 Å². The summed E-state index contributed by atoms with van der Waals surface area (Å²) in [6, 6.07) is 0.